The van der Waals surface area contributed by atoms with Gasteiger partial charge in [0.05, 0.1) is 23.4 Å². The monoisotopic (exact) mass is 259 g/mol. The predicted molar refractivity (Wildman–Crippen MR) is 61.7 cm³/mol. The van der Waals surface area contributed by atoms with Gasteiger partial charge in [0.2, 0.25) is 10.0 Å². The van der Waals surface area contributed by atoms with Gasteiger partial charge >= 0.3 is 5.97 Å². The van der Waals surface area contributed by atoms with E-state index in [-0.39, 0.29) is 5.75 Å². The van der Waals surface area contributed by atoms with E-state index in [1.807, 2.05) is 0 Å². The molecule has 0 saturated carbocycles. The van der Waals surface area contributed by atoms with Crippen molar-refractivity contribution < 1.29 is 17.9 Å². The molecule has 2 heterocycles. The third-order valence-corrected chi connectivity index (χ3v) is 4.27. The van der Waals surface area contributed by atoms with Crippen LogP contribution in [0.1, 0.15) is 4.88 Å². The average molecular weight is 259 g/mol. The van der Waals surface area contributed by atoms with E-state index in [1.165, 1.54) is 24.5 Å². The maximum atomic E-state index is 11.5. The molecule has 2 rings (SSSR count). The molecule has 0 aliphatic carbocycles. The van der Waals surface area contributed by atoms with Crippen LogP contribution in [-0.2, 0) is 19.6 Å². The van der Waals surface area contributed by atoms with Gasteiger partial charge in [-0.2, -0.15) is 0 Å². The molecule has 0 bridgehead atoms. The molecule has 0 radical (unpaired) electrons. The van der Waals surface area contributed by atoms with Crippen LogP contribution in [0, 0.1) is 0 Å². The number of hydrogen-bond donors (Lipinski definition) is 1. The van der Waals surface area contributed by atoms with Gasteiger partial charge in [-0.3, -0.25) is 4.72 Å². The number of ether oxygens (including phenoxy) is 1. The van der Waals surface area contributed by atoms with Gasteiger partial charge in [0.1, 0.15) is 0 Å². The second kappa shape index (κ2) is 3.91. The van der Waals surface area contributed by atoms with Crippen LogP contribution in [0.5, 0.6) is 0 Å². The number of esters is 1. The van der Waals surface area contributed by atoms with Crippen LogP contribution < -0.4 is 4.72 Å². The maximum absolute atomic E-state index is 11.5. The van der Waals surface area contributed by atoms with Crippen molar-refractivity contribution in [2.24, 2.45) is 0 Å². The van der Waals surface area contributed by atoms with Crippen molar-refractivity contribution in [1.82, 2.24) is 0 Å². The van der Waals surface area contributed by atoms with Crippen molar-refractivity contribution in [2.45, 2.75) is 0 Å². The summed E-state index contributed by atoms with van der Waals surface area (Å²) in [6.45, 7) is 0. The number of anilines is 1. The van der Waals surface area contributed by atoms with Gasteiger partial charge in [0, 0.05) is 6.08 Å². The van der Waals surface area contributed by atoms with Crippen molar-refractivity contribution in [1.29, 1.82) is 0 Å². The Morgan fingerprint density at radius 3 is 3.06 bits per heavy atom. The van der Waals surface area contributed by atoms with Crippen molar-refractivity contribution in [3.05, 3.63) is 22.4 Å². The first kappa shape index (κ1) is 11.2. The minimum atomic E-state index is -3.39. The van der Waals surface area contributed by atoms with Gasteiger partial charge < -0.3 is 4.74 Å². The van der Waals surface area contributed by atoms with Crippen molar-refractivity contribution in [3.63, 3.8) is 0 Å². The number of rotatable bonds is 1. The first-order valence-corrected chi connectivity index (χ1v) is 6.92. The Morgan fingerprint density at radius 1 is 1.62 bits per heavy atom. The molecule has 86 valence electrons. The lowest BCUT2D eigenvalue weighted by Gasteiger charge is -2.16. The number of carbonyl (C=O) groups excluding carboxylic acids is 1. The largest absolute Gasteiger partial charge is 0.466 e. The molecule has 0 atom stereocenters. The molecule has 1 aliphatic heterocycles. The van der Waals surface area contributed by atoms with Gasteiger partial charge in [-0.25, -0.2) is 13.2 Å². The maximum Gasteiger partial charge on any atom is 0.330 e. The Kier molecular flexibility index (Phi) is 2.73. The first-order chi connectivity index (χ1) is 7.52. The van der Waals surface area contributed by atoms with E-state index in [2.05, 4.69) is 9.46 Å². The summed E-state index contributed by atoms with van der Waals surface area (Å²) in [4.78, 5) is 11.9. The molecule has 1 aliphatic rings. The number of sulfonamides is 1. The molecular weight excluding hydrogens is 250 g/mol. The lowest BCUT2D eigenvalue weighted by atomic mass is 10.2. The first-order valence-electron chi connectivity index (χ1n) is 4.39. The fraction of sp³-hybridized carbons (Fsp3) is 0.222. The van der Waals surface area contributed by atoms with Crippen LogP contribution in [0.2, 0.25) is 0 Å². The number of carbonyl (C=O) groups is 1. The minimum absolute atomic E-state index is 0.199. The Balaban J connectivity index is 2.49. The quantitative estimate of drug-likeness (QED) is 0.604. The molecule has 1 aromatic rings. The van der Waals surface area contributed by atoms with E-state index >= 15 is 0 Å². The second-order valence-corrected chi connectivity index (χ2v) is 5.86. The molecule has 1 aromatic heterocycles. The summed E-state index contributed by atoms with van der Waals surface area (Å²) in [5.74, 6) is -0.748. The fourth-order valence-electron chi connectivity index (χ4n) is 1.42. The third-order valence-electron chi connectivity index (χ3n) is 2.06. The van der Waals surface area contributed by atoms with E-state index < -0.39 is 16.0 Å². The zero-order valence-corrected chi connectivity index (χ0v) is 10.0. The molecule has 0 fully saturated rings. The van der Waals surface area contributed by atoms with E-state index in [9.17, 15) is 13.2 Å². The van der Waals surface area contributed by atoms with Crippen molar-refractivity contribution >= 4 is 38.6 Å². The molecule has 1 N–H and O–H groups in total. The third kappa shape index (κ3) is 2.10. The van der Waals surface area contributed by atoms with Crippen molar-refractivity contribution in [2.75, 3.05) is 17.6 Å². The number of nitrogens with one attached hydrogen (secondary N) is 1. The zero-order chi connectivity index (χ0) is 11.8. The van der Waals surface area contributed by atoms with E-state index in [0.717, 1.165) is 4.88 Å². The SMILES string of the molecule is COC(=O)/C=C1/CS(=O)(=O)Nc2ccsc21. The van der Waals surface area contributed by atoms with Crippen LogP contribution >= 0.6 is 11.3 Å². The molecule has 0 saturated heterocycles. The predicted octanol–water partition coefficient (Wildman–Crippen LogP) is 1.06. The number of fused-ring (bicyclic) bond motifs is 1. The molecular formula is C9H9NO4S2. The number of methoxy groups -OCH3 is 1. The molecule has 0 aromatic carbocycles. The minimum Gasteiger partial charge on any atom is -0.466 e. The van der Waals surface area contributed by atoms with Crippen molar-refractivity contribution in [3.8, 4) is 0 Å². The summed E-state index contributed by atoms with van der Waals surface area (Å²) in [6, 6.07) is 1.67. The van der Waals surface area contributed by atoms with Crippen LogP contribution in [0.4, 0.5) is 5.69 Å². The molecule has 0 amide bonds. The highest BCUT2D eigenvalue weighted by atomic mass is 32.2. The lowest BCUT2D eigenvalue weighted by molar-refractivity contribution is -0.134. The van der Waals surface area contributed by atoms with Gasteiger partial charge in [0.25, 0.3) is 0 Å². The Hall–Kier alpha value is -1.34. The van der Waals surface area contributed by atoms with Crippen LogP contribution in [0.15, 0.2) is 17.5 Å². The van der Waals surface area contributed by atoms with E-state index in [1.54, 1.807) is 11.4 Å². The Labute approximate surface area is 96.8 Å². The smallest absolute Gasteiger partial charge is 0.330 e. The normalized spacial score (nSPS) is 19.9. The summed E-state index contributed by atoms with van der Waals surface area (Å²) in [5, 5.41) is 1.77. The molecule has 0 spiro atoms. The van der Waals surface area contributed by atoms with Crippen LogP contribution in [0.3, 0.4) is 0 Å². The number of hydrogen-bond acceptors (Lipinski definition) is 5. The lowest BCUT2D eigenvalue weighted by Crippen LogP contribution is -2.22. The Morgan fingerprint density at radius 2 is 2.38 bits per heavy atom. The molecule has 16 heavy (non-hydrogen) atoms. The average Bonchev–Trinajstić information content (AvgIpc) is 2.63. The van der Waals surface area contributed by atoms with E-state index in [4.69, 9.17) is 0 Å². The summed E-state index contributed by atoms with van der Waals surface area (Å²) in [5.41, 5.74) is 0.988. The summed E-state index contributed by atoms with van der Waals surface area (Å²) >= 11 is 1.38. The van der Waals surface area contributed by atoms with Gasteiger partial charge in [0.15, 0.2) is 0 Å². The molecule has 5 nitrogen and oxygen atoms in total. The highest BCUT2D eigenvalue weighted by Crippen LogP contribution is 2.35. The topological polar surface area (TPSA) is 72.5 Å². The highest BCUT2D eigenvalue weighted by molar-refractivity contribution is 7.93. The highest BCUT2D eigenvalue weighted by Gasteiger charge is 2.26. The van der Waals surface area contributed by atoms with Gasteiger partial charge in [-0.05, 0) is 17.0 Å². The van der Waals surface area contributed by atoms with Crippen LogP contribution in [0.25, 0.3) is 5.57 Å². The van der Waals surface area contributed by atoms with Crippen LogP contribution in [-0.4, -0.2) is 27.2 Å². The molecule has 7 heteroatoms. The van der Waals surface area contributed by atoms with E-state index in [0.29, 0.717) is 11.3 Å². The summed E-state index contributed by atoms with van der Waals surface area (Å²) in [6.07, 6.45) is 1.22. The van der Waals surface area contributed by atoms with Gasteiger partial charge in [-0.15, -0.1) is 11.3 Å². The zero-order valence-electron chi connectivity index (χ0n) is 8.39. The second-order valence-electron chi connectivity index (χ2n) is 3.22. The fourth-order valence-corrected chi connectivity index (χ4v) is 3.66. The summed E-state index contributed by atoms with van der Waals surface area (Å²) < 4.78 is 29.9. The molecule has 0 unspecified atom stereocenters. The summed E-state index contributed by atoms with van der Waals surface area (Å²) in [7, 11) is -2.13. The standard InChI is InChI=1S/C9H9NO4S2/c1-14-8(11)4-6-5-16(12,13)10-7-2-3-15-9(6)7/h2-4,10H,5H2,1H3/b6-4-. The Bertz CT molecular complexity index is 556. The van der Waals surface area contributed by atoms with Gasteiger partial charge in [-0.1, -0.05) is 0 Å². The number of thiophene rings is 1.